The Hall–Kier alpha value is -1.21. The molecule has 0 saturated carbocycles. The summed E-state index contributed by atoms with van der Waals surface area (Å²) in [7, 11) is 0. The van der Waals surface area contributed by atoms with Crippen LogP contribution in [-0.2, 0) is 12.8 Å². The van der Waals surface area contributed by atoms with Crippen molar-refractivity contribution in [2.24, 2.45) is 0 Å². The Bertz CT molecular complexity index is 398. The van der Waals surface area contributed by atoms with Gasteiger partial charge in [-0.25, -0.2) is 0 Å². The molecule has 2 aromatic rings. The van der Waals surface area contributed by atoms with E-state index in [0.29, 0.717) is 0 Å². The van der Waals surface area contributed by atoms with Crippen LogP contribution in [0.1, 0.15) is 11.1 Å². The fourth-order valence-corrected chi connectivity index (χ4v) is 2.30. The van der Waals surface area contributed by atoms with Crippen molar-refractivity contribution >= 4 is 17.6 Å². The third kappa shape index (κ3) is 4.58. The molecule has 0 nitrogen and oxygen atoms in total. The summed E-state index contributed by atoms with van der Waals surface area (Å²) in [5.41, 5.74) is 2.76. The molecule has 0 aliphatic rings. The van der Waals surface area contributed by atoms with E-state index in [4.69, 9.17) is 11.5 Å². The van der Waals surface area contributed by atoms with Gasteiger partial charge in [-0.3, -0.25) is 0 Å². The molecule has 0 aromatic heterocycles. The van der Waals surface area contributed by atoms with Crippen LogP contribution in [-0.4, -0.2) is 6.13 Å². The molecule has 0 radical (unpaired) electrons. The maximum absolute atomic E-state index is 6.38. The van der Waals surface area contributed by atoms with Gasteiger partial charge in [0.1, 0.15) is 0 Å². The average molecular weight is 257 g/mol. The van der Waals surface area contributed by atoms with Crippen LogP contribution in [0.2, 0.25) is 12.6 Å². The van der Waals surface area contributed by atoms with Crippen molar-refractivity contribution in [1.82, 2.24) is 0 Å². The molecule has 0 heterocycles. The maximum atomic E-state index is 6.38. The Balaban J connectivity index is 1.71. The largest absolute Gasteiger partial charge is 0.251 e. The zero-order valence-electron chi connectivity index (χ0n) is 10.6. The van der Waals surface area contributed by atoms with Gasteiger partial charge >= 0.3 is 0 Å². The lowest BCUT2D eigenvalue weighted by Crippen LogP contribution is -2.06. The van der Waals surface area contributed by atoms with Crippen LogP contribution in [0.15, 0.2) is 60.7 Å². The minimum Gasteiger partial charge on any atom is -0.196 e. The van der Waals surface area contributed by atoms with Crippen LogP contribution in [0.3, 0.4) is 0 Å². The number of benzene rings is 2. The van der Waals surface area contributed by atoms with Gasteiger partial charge in [0.05, 0.1) is 0 Å². The Morgan fingerprint density at radius 1 is 0.667 bits per heavy atom. The molecule has 0 atom stereocenters. The highest BCUT2D eigenvalue weighted by molar-refractivity contribution is 7.06. The lowest BCUT2D eigenvalue weighted by molar-refractivity contribution is 1.07. The summed E-state index contributed by atoms with van der Waals surface area (Å²) in [6, 6.07) is 21.1. The molecule has 92 valence electrons. The predicted octanol–water partition coefficient (Wildman–Crippen LogP) is 4.70. The monoisotopic (exact) mass is 256 g/mol. The van der Waals surface area contributed by atoms with Crippen LogP contribution in [0.25, 0.3) is 0 Å². The normalized spacial score (nSPS) is 10.3. The molecule has 2 heteroatoms. The zero-order chi connectivity index (χ0) is 12.6. The molecule has 0 fully saturated rings. The minimum absolute atomic E-state index is 0.269. The summed E-state index contributed by atoms with van der Waals surface area (Å²) in [4.78, 5) is 0. The smallest absolute Gasteiger partial charge is 0.196 e. The first-order valence-electron chi connectivity index (χ1n) is 6.56. The van der Waals surface area contributed by atoms with E-state index in [1.165, 1.54) is 11.1 Å². The zero-order valence-corrected chi connectivity index (χ0v) is 11.3. The van der Waals surface area contributed by atoms with Crippen LogP contribution in [0, 0.1) is 0 Å². The highest BCUT2D eigenvalue weighted by Crippen LogP contribution is 2.14. The first-order chi connectivity index (χ1) is 8.84. The topological polar surface area (TPSA) is 0 Å². The van der Waals surface area contributed by atoms with E-state index in [2.05, 4.69) is 60.7 Å². The highest BCUT2D eigenvalue weighted by Gasteiger charge is 2.10. The number of rotatable bonds is 6. The van der Waals surface area contributed by atoms with E-state index in [-0.39, 0.29) is 6.13 Å². The molecule has 0 unspecified atom stereocenters. The van der Waals surface area contributed by atoms with Crippen molar-refractivity contribution < 1.29 is 0 Å². The number of aryl methyl sites for hydroxylation is 2. The third-order valence-electron chi connectivity index (χ3n) is 3.18. The van der Waals surface area contributed by atoms with Crippen molar-refractivity contribution in [3.05, 3.63) is 71.8 Å². The van der Waals surface area contributed by atoms with Crippen molar-refractivity contribution in [3.63, 3.8) is 0 Å². The van der Waals surface area contributed by atoms with Crippen LogP contribution in [0.4, 0.5) is 0 Å². The minimum atomic E-state index is 0.269. The summed E-state index contributed by atoms with van der Waals surface area (Å²) in [6.07, 6.45) is 4.52. The van der Waals surface area contributed by atoms with E-state index >= 15 is 0 Å². The fraction of sp³-hybridized carbons (Fsp3) is 0.250. The summed E-state index contributed by atoms with van der Waals surface area (Å²) in [6.45, 7) is 0. The molecule has 0 spiro atoms. The van der Waals surface area contributed by atoms with Crippen LogP contribution in [0.5, 0.6) is 0 Å². The summed E-state index contributed by atoms with van der Waals surface area (Å²) < 4.78 is 0. The maximum Gasteiger partial charge on any atom is 0.251 e. The van der Waals surface area contributed by atoms with Gasteiger partial charge in [-0.15, -0.1) is 0 Å². The first-order valence-corrected chi connectivity index (χ1v) is 7.00. The lowest BCUT2D eigenvalue weighted by atomic mass is 9.66. The summed E-state index contributed by atoms with van der Waals surface area (Å²) in [5.74, 6) is 0. The van der Waals surface area contributed by atoms with E-state index in [1.54, 1.807) is 0 Å². The van der Waals surface area contributed by atoms with Gasteiger partial charge in [0.25, 0.3) is 6.13 Å². The van der Waals surface area contributed by atoms with E-state index < -0.39 is 0 Å². The first kappa shape index (κ1) is 13.2. The van der Waals surface area contributed by atoms with E-state index in [1.807, 2.05) is 0 Å². The van der Waals surface area contributed by atoms with Gasteiger partial charge in [0.2, 0.25) is 0 Å². The van der Waals surface area contributed by atoms with Gasteiger partial charge in [0.15, 0.2) is 0 Å². The lowest BCUT2D eigenvalue weighted by Gasteiger charge is -2.06. The van der Waals surface area contributed by atoms with Gasteiger partial charge in [-0.2, -0.15) is 11.5 Å². The van der Waals surface area contributed by atoms with Crippen molar-refractivity contribution in [2.75, 3.05) is 0 Å². The fourth-order valence-electron chi connectivity index (χ4n) is 2.08. The molecular formula is C16H18BCl. The summed E-state index contributed by atoms with van der Waals surface area (Å²) in [5, 5.41) is 0. The second kappa shape index (κ2) is 7.28. The molecule has 0 aliphatic carbocycles. The van der Waals surface area contributed by atoms with E-state index in [9.17, 15) is 0 Å². The Labute approximate surface area is 115 Å². The van der Waals surface area contributed by atoms with Gasteiger partial charge < -0.3 is 0 Å². The molecule has 0 amide bonds. The van der Waals surface area contributed by atoms with Gasteiger partial charge in [0, 0.05) is 0 Å². The Kier molecular flexibility index (Phi) is 5.35. The van der Waals surface area contributed by atoms with Crippen molar-refractivity contribution in [2.45, 2.75) is 25.5 Å². The molecule has 0 bridgehead atoms. The Morgan fingerprint density at radius 2 is 1.06 bits per heavy atom. The van der Waals surface area contributed by atoms with E-state index in [0.717, 1.165) is 25.5 Å². The second-order valence-electron chi connectivity index (χ2n) is 4.65. The molecule has 0 saturated heterocycles. The standard InChI is InChI=1S/C16H18BCl/c18-17(13-11-15-7-3-1-4-8-15)14-12-16-9-5-2-6-10-16/h1-10H,11-14H2. The SMILES string of the molecule is ClB(CCc1ccccc1)CCc1ccccc1. The summed E-state index contributed by atoms with van der Waals surface area (Å²) >= 11 is 6.38. The van der Waals surface area contributed by atoms with Gasteiger partial charge in [-0.1, -0.05) is 73.3 Å². The third-order valence-corrected chi connectivity index (χ3v) is 3.61. The quantitative estimate of drug-likeness (QED) is 0.657. The molecule has 2 rings (SSSR count). The van der Waals surface area contributed by atoms with Crippen molar-refractivity contribution in [1.29, 1.82) is 0 Å². The number of hydrogen-bond donors (Lipinski definition) is 0. The molecule has 2 aromatic carbocycles. The molecule has 0 N–H and O–H groups in total. The molecule has 0 aliphatic heterocycles. The Morgan fingerprint density at radius 3 is 1.44 bits per heavy atom. The van der Waals surface area contributed by atoms with Crippen LogP contribution < -0.4 is 0 Å². The van der Waals surface area contributed by atoms with Crippen molar-refractivity contribution in [3.8, 4) is 0 Å². The highest BCUT2D eigenvalue weighted by atomic mass is 35.5. The predicted molar refractivity (Wildman–Crippen MR) is 81.5 cm³/mol. The average Bonchev–Trinajstić information content (AvgIpc) is 2.45. The number of hydrogen-bond acceptors (Lipinski definition) is 0. The molecular weight excluding hydrogens is 238 g/mol. The van der Waals surface area contributed by atoms with Gasteiger partial charge in [-0.05, 0) is 24.0 Å². The van der Waals surface area contributed by atoms with Crippen LogP contribution >= 0.6 is 11.5 Å². The molecule has 18 heavy (non-hydrogen) atoms. The number of halogens is 1. The second-order valence-corrected chi connectivity index (χ2v) is 5.26.